The molecule has 1 amide bonds. The first-order valence-electron chi connectivity index (χ1n) is 8.44. The van der Waals surface area contributed by atoms with Crippen molar-refractivity contribution in [1.29, 1.82) is 0 Å². The third kappa shape index (κ3) is 3.82. The van der Waals surface area contributed by atoms with E-state index in [1.807, 2.05) is 31.2 Å². The molecule has 2 unspecified atom stereocenters. The second-order valence-corrected chi connectivity index (χ2v) is 6.52. The molecule has 6 nitrogen and oxygen atoms in total. The van der Waals surface area contributed by atoms with Crippen molar-refractivity contribution in [1.82, 2.24) is 20.4 Å². The zero-order valence-electron chi connectivity index (χ0n) is 14.5. The van der Waals surface area contributed by atoms with Crippen LogP contribution in [0.25, 0.3) is 11.5 Å². The molecule has 1 fully saturated rings. The number of carbonyl (C=O) groups excluding carboxylic acids is 1. The summed E-state index contributed by atoms with van der Waals surface area (Å²) in [6, 6.07) is 8.28. The fourth-order valence-corrected chi connectivity index (χ4v) is 3.14. The molecule has 1 N–H and O–H groups in total. The monoisotopic (exact) mass is 328 g/mol. The lowest BCUT2D eigenvalue weighted by Crippen LogP contribution is -2.47. The highest BCUT2D eigenvalue weighted by Gasteiger charge is 2.27. The first-order chi connectivity index (χ1) is 11.5. The summed E-state index contributed by atoms with van der Waals surface area (Å²) in [4.78, 5) is 13.6. The van der Waals surface area contributed by atoms with Gasteiger partial charge in [-0.2, -0.15) is 0 Å². The summed E-state index contributed by atoms with van der Waals surface area (Å²) in [6.07, 6.45) is 2.06. The van der Waals surface area contributed by atoms with Crippen LogP contribution in [0.2, 0.25) is 0 Å². The number of benzene rings is 1. The Kier molecular flexibility index (Phi) is 4.94. The molecule has 0 aliphatic carbocycles. The molecule has 1 aromatic carbocycles. The first-order valence-corrected chi connectivity index (χ1v) is 8.44. The predicted molar refractivity (Wildman–Crippen MR) is 91.3 cm³/mol. The van der Waals surface area contributed by atoms with Crippen molar-refractivity contribution in [3.63, 3.8) is 0 Å². The van der Waals surface area contributed by atoms with Gasteiger partial charge in [-0.25, -0.2) is 0 Å². The predicted octanol–water partition coefficient (Wildman–Crippen LogP) is 2.71. The lowest BCUT2D eigenvalue weighted by Gasteiger charge is -2.35. The molecule has 1 saturated heterocycles. The summed E-state index contributed by atoms with van der Waals surface area (Å²) in [7, 11) is 0. The number of amides is 1. The molecule has 2 heterocycles. The fraction of sp³-hybridized carbons (Fsp3) is 0.500. The highest BCUT2D eigenvalue weighted by Crippen LogP contribution is 2.26. The van der Waals surface area contributed by atoms with Gasteiger partial charge in [-0.1, -0.05) is 17.7 Å². The van der Waals surface area contributed by atoms with Gasteiger partial charge in [-0.15, -0.1) is 10.2 Å². The van der Waals surface area contributed by atoms with Crippen LogP contribution in [0.15, 0.2) is 28.7 Å². The molecule has 0 spiro atoms. The summed E-state index contributed by atoms with van der Waals surface area (Å²) in [5.41, 5.74) is 2.13. The van der Waals surface area contributed by atoms with Crippen molar-refractivity contribution >= 4 is 5.91 Å². The average molecular weight is 328 g/mol. The third-order valence-corrected chi connectivity index (χ3v) is 4.50. The normalized spacial score (nSPS) is 19.9. The van der Waals surface area contributed by atoms with E-state index in [9.17, 15) is 4.79 Å². The minimum atomic E-state index is 0.0222. The molecule has 1 aliphatic rings. The maximum absolute atomic E-state index is 11.3. The van der Waals surface area contributed by atoms with Gasteiger partial charge in [0.1, 0.15) is 0 Å². The number of hydrogen-bond donors (Lipinski definition) is 1. The molecule has 2 atom stereocenters. The van der Waals surface area contributed by atoms with E-state index in [0.717, 1.165) is 31.5 Å². The number of nitrogens with one attached hydrogen (secondary N) is 1. The van der Waals surface area contributed by atoms with Gasteiger partial charge in [-0.05, 0) is 45.4 Å². The molecule has 0 bridgehead atoms. The van der Waals surface area contributed by atoms with Gasteiger partial charge in [0.05, 0.1) is 6.04 Å². The molecule has 128 valence electrons. The smallest absolute Gasteiger partial charge is 0.247 e. The van der Waals surface area contributed by atoms with Crippen molar-refractivity contribution in [2.45, 2.75) is 45.7 Å². The first kappa shape index (κ1) is 16.6. The van der Waals surface area contributed by atoms with E-state index in [0.29, 0.717) is 11.8 Å². The van der Waals surface area contributed by atoms with E-state index in [1.165, 1.54) is 5.56 Å². The zero-order valence-corrected chi connectivity index (χ0v) is 14.5. The Labute approximate surface area is 142 Å². The Balaban J connectivity index is 1.70. The summed E-state index contributed by atoms with van der Waals surface area (Å²) in [6.45, 7) is 7.46. The zero-order chi connectivity index (χ0) is 17.1. The highest BCUT2D eigenvalue weighted by molar-refractivity contribution is 5.73. The number of carbonyl (C=O) groups is 1. The maximum Gasteiger partial charge on any atom is 0.247 e. The van der Waals surface area contributed by atoms with Gasteiger partial charge in [0, 0.05) is 25.1 Å². The van der Waals surface area contributed by atoms with Crippen LogP contribution in [0.5, 0.6) is 0 Å². The van der Waals surface area contributed by atoms with Gasteiger partial charge in [-0.3, -0.25) is 9.69 Å². The number of aromatic nitrogens is 2. The lowest BCUT2D eigenvalue weighted by atomic mass is 10.0. The lowest BCUT2D eigenvalue weighted by molar-refractivity contribution is -0.120. The summed E-state index contributed by atoms with van der Waals surface area (Å²) >= 11 is 0. The Morgan fingerprint density at radius 2 is 2.08 bits per heavy atom. The quantitative estimate of drug-likeness (QED) is 0.934. The van der Waals surface area contributed by atoms with Gasteiger partial charge >= 0.3 is 0 Å². The van der Waals surface area contributed by atoms with Gasteiger partial charge in [0.15, 0.2) is 0 Å². The Bertz CT molecular complexity index is 695. The van der Waals surface area contributed by atoms with Crippen LogP contribution in [0.4, 0.5) is 0 Å². The Morgan fingerprint density at radius 3 is 2.79 bits per heavy atom. The number of nitrogens with zero attached hydrogens (tertiary/aromatic N) is 3. The van der Waals surface area contributed by atoms with Crippen LogP contribution in [0.3, 0.4) is 0 Å². The largest absolute Gasteiger partial charge is 0.419 e. The summed E-state index contributed by atoms with van der Waals surface area (Å²) < 4.78 is 5.89. The third-order valence-electron chi connectivity index (χ3n) is 4.50. The Hall–Kier alpha value is -2.21. The van der Waals surface area contributed by atoms with Crippen molar-refractivity contribution < 1.29 is 9.21 Å². The summed E-state index contributed by atoms with van der Waals surface area (Å²) in [5.74, 6) is 1.19. The molecule has 24 heavy (non-hydrogen) atoms. The van der Waals surface area contributed by atoms with Crippen LogP contribution in [0.1, 0.15) is 44.2 Å². The van der Waals surface area contributed by atoms with E-state index >= 15 is 0 Å². The highest BCUT2D eigenvalue weighted by atomic mass is 16.4. The molecule has 0 saturated carbocycles. The van der Waals surface area contributed by atoms with Crippen molar-refractivity contribution in [2.24, 2.45) is 0 Å². The number of rotatable bonds is 4. The second kappa shape index (κ2) is 7.13. The van der Waals surface area contributed by atoms with Crippen molar-refractivity contribution in [3.8, 4) is 11.5 Å². The number of aryl methyl sites for hydroxylation is 1. The minimum Gasteiger partial charge on any atom is -0.419 e. The minimum absolute atomic E-state index is 0.0222. The SMILES string of the molecule is CC(=O)NC1CCCN(C(C)c2nnc(-c3ccc(C)cc3)o2)C1. The van der Waals surface area contributed by atoms with Gasteiger partial charge in [0.25, 0.3) is 0 Å². The van der Waals surface area contributed by atoms with E-state index in [1.54, 1.807) is 6.92 Å². The average Bonchev–Trinajstić information content (AvgIpc) is 3.04. The topological polar surface area (TPSA) is 71.3 Å². The molecule has 6 heteroatoms. The molecule has 2 aromatic rings. The van der Waals surface area contributed by atoms with Crippen LogP contribution in [0, 0.1) is 6.92 Å². The van der Waals surface area contributed by atoms with E-state index in [2.05, 4.69) is 27.3 Å². The number of hydrogen-bond acceptors (Lipinski definition) is 5. The molecule has 1 aliphatic heterocycles. The molecule has 0 radical (unpaired) electrons. The fourth-order valence-electron chi connectivity index (χ4n) is 3.14. The number of piperidine rings is 1. The van der Waals surface area contributed by atoms with Gasteiger partial charge in [0.2, 0.25) is 17.7 Å². The van der Waals surface area contributed by atoms with E-state index < -0.39 is 0 Å². The van der Waals surface area contributed by atoms with Crippen molar-refractivity contribution in [3.05, 3.63) is 35.7 Å². The van der Waals surface area contributed by atoms with Crippen LogP contribution >= 0.6 is 0 Å². The molecule has 3 rings (SSSR count). The molecule has 1 aromatic heterocycles. The van der Waals surface area contributed by atoms with Crippen LogP contribution < -0.4 is 5.32 Å². The standard InChI is InChI=1S/C18H24N4O2/c1-12-6-8-15(9-7-12)18-21-20-17(24-18)13(2)22-10-4-5-16(11-22)19-14(3)23/h6-9,13,16H,4-5,10-11H2,1-3H3,(H,19,23). The Morgan fingerprint density at radius 1 is 1.33 bits per heavy atom. The second-order valence-electron chi connectivity index (χ2n) is 6.52. The maximum atomic E-state index is 11.3. The summed E-state index contributed by atoms with van der Waals surface area (Å²) in [5, 5.41) is 11.4. The van der Waals surface area contributed by atoms with Crippen molar-refractivity contribution in [2.75, 3.05) is 13.1 Å². The van der Waals surface area contributed by atoms with Crippen LogP contribution in [-0.2, 0) is 4.79 Å². The molecular formula is C18H24N4O2. The van der Waals surface area contributed by atoms with Gasteiger partial charge < -0.3 is 9.73 Å². The number of likely N-dealkylation sites (tertiary alicyclic amines) is 1. The van der Waals surface area contributed by atoms with E-state index in [-0.39, 0.29) is 18.0 Å². The molecular weight excluding hydrogens is 304 g/mol. The van der Waals surface area contributed by atoms with E-state index in [4.69, 9.17) is 4.42 Å². The van der Waals surface area contributed by atoms with Crippen LogP contribution in [-0.4, -0.2) is 40.1 Å².